The average Bonchev–Trinajstić information content (AvgIpc) is 2.60. The van der Waals surface area contributed by atoms with Crippen molar-refractivity contribution in [2.24, 2.45) is 0 Å². The minimum absolute atomic E-state index is 0.0936. The second kappa shape index (κ2) is 9.05. The first kappa shape index (κ1) is 18.0. The van der Waals surface area contributed by atoms with Crippen molar-refractivity contribution < 1.29 is 14.5 Å². The van der Waals surface area contributed by atoms with Gasteiger partial charge in [-0.25, -0.2) is 4.79 Å². The Kier molecular flexibility index (Phi) is 6.78. The highest BCUT2D eigenvalue weighted by molar-refractivity contribution is 5.81. The lowest BCUT2D eigenvalue weighted by Crippen LogP contribution is -2.22. The van der Waals surface area contributed by atoms with Crippen LogP contribution in [0.1, 0.15) is 44.1 Å². The van der Waals surface area contributed by atoms with E-state index in [-0.39, 0.29) is 10.6 Å². The van der Waals surface area contributed by atoms with Crippen LogP contribution in [0.3, 0.4) is 0 Å². The van der Waals surface area contributed by atoms with E-state index in [1.807, 2.05) is 0 Å². The summed E-state index contributed by atoms with van der Waals surface area (Å²) in [4.78, 5) is 21.7. The molecule has 6 nitrogen and oxygen atoms in total. The van der Waals surface area contributed by atoms with Gasteiger partial charge in [-0.2, -0.15) is 0 Å². The lowest BCUT2D eigenvalue weighted by Gasteiger charge is -2.25. The van der Waals surface area contributed by atoms with Crippen molar-refractivity contribution in [1.29, 1.82) is 0 Å². The van der Waals surface area contributed by atoms with Crippen LogP contribution in [0.4, 0.5) is 11.4 Å². The Morgan fingerprint density at radius 1 is 1.38 bits per heavy atom. The minimum Gasteiger partial charge on any atom is -0.466 e. The predicted molar refractivity (Wildman–Crippen MR) is 93.1 cm³/mol. The van der Waals surface area contributed by atoms with Crippen molar-refractivity contribution in [2.75, 3.05) is 12.4 Å². The largest absolute Gasteiger partial charge is 0.466 e. The molecule has 1 aromatic carbocycles. The number of ether oxygens (including phenoxy) is 1. The molecule has 0 saturated heterocycles. The molecule has 6 heteroatoms. The molecule has 0 aromatic heterocycles. The SMILES string of the molecule is COC(=O)/C=C/CCc1cc([N+](=O)[O-])ccc1NC1CCCCC1. The minimum atomic E-state index is -0.394. The van der Waals surface area contributed by atoms with Crippen molar-refractivity contribution in [1.82, 2.24) is 0 Å². The van der Waals surface area contributed by atoms with Crippen LogP contribution in [-0.4, -0.2) is 24.0 Å². The lowest BCUT2D eigenvalue weighted by molar-refractivity contribution is -0.384. The first-order valence-electron chi connectivity index (χ1n) is 8.38. The molecular formula is C18H24N2O4. The molecule has 1 saturated carbocycles. The number of carbonyl (C=O) groups is 1. The van der Waals surface area contributed by atoms with Gasteiger partial charge in [0.1, 0.15) is 0 Å². The van der Waals surface area contributed by atoms with Gasteiger partial charge in [-0.05, 0) is 37.3 Å². The summed E-state index contributed by atoms with van der Waals surface area (Å²) in [6.45, 7) is 0. The van der Waals surface area contributed by atoms with Crippen molar-refractivity contribution in [3.05, 3.63) is 46.0 Å². The third-order valence-corrected chi connectivity index (χ3v) is 4.30. The summed E-state index contributed by atoms with van der Waals surface area (Å²) in [5, 5.41) is 14.6. The van der Waals surface area contributed by atoms with Crippen LogP contribution in [0.5, 0.6) is 0 Å². The van der Waals surface area contributed by atoms with Crippen LogP contribution in [-0.2, 0) is 16.0 Å². The van der Waals surface area contributed by atoms with Crippen LogP contribution in [0, 0.1) is 10.1 Å². The Balaban J connectivity index is 2.08. The van der Waals surface area contributed by atoms with E-state index in [0.717, 1.165) is 24.1 Å². The molecule has 0 aliphatic heterocycles. The molecule has 1 aliphatic rings. The molecule has 0 heterocycles. The number of esters is 1. The van der Waals surface area contributed by atoms with Gasteiger partial charge in [0.15, 0.2) is 0 Å². The maximum Gasteiger partial charge on any atom is 0.330 e. The zero-order valence-electron chi connectivity index (χ0n) is 14.0. The van der Waals surface area contributed by atoms with Gasteiger partial charge >= 0.3 is 5.97 Å². The fraction of sp³-hybridized carbons (Fsp3) is 0.500. The van der Waals surface area contributed by atoms with Gasteiger partial charge in [0, 0.05) is 29.9 Å². The second-order valence-electron chi connectivity index (χ2n) is 6.04. The van der Waals surface area contributed by atoms with E-state index in [1.165, 1.54) is 32.4 Å². The Morgan fingerprint density at radius 2 is 2.12 bits per heavy atom. The molecule has 24 heavy (non-hydrogen) atoms. The number of rotatable bonds is 7. The summed E-state index contributed by atoms with van der Waals surface area (Å²) in [6.07, 6.45) is 10.4. The van der Waals surface area contributed by atoms with E-state index in [0.29, 0.717) is 18.9 Å². The van der Waals surface area contributed by atoms with Gasteiger partial charge in [-0.3, -0.25) is 10.1 Å². The van der Waals surface area contributed by atoms with Crippen LogP contribution in [0.2, 0.25) is 0 Å². The summed E-state index contributed by atoms with van der Waals surface area (Å²) >= 11 is 0. The van der Waals surface area contributed by atoms with Crippen LogP contribution >= 0.6 is 0 Å². The molecule has 0 amide bonds. The molecule has 2 rings (SSSR count). The highest BCUT2D eigenvalue weighted by Crippen LogP contribution is 2.27. The van der Waals surface area contributed by atoms with Gasteiger partial charge < -0.3 is 10.1 Å². The molecule has 0 bridgehead atoms. The number of hydrogen-bond acceptors (Lipinski definition) is 5. The molecule has 0 radical (unpaired) electrons. The van der Waals surface area contributed by atoms with Crippen LogP contribution in [0.15, 0.2) is 30.4 Å². The van der Waals surface area contributed by atoms with Gasteiger partial charge in [-0.1, -0.05) is 25.3 Å². The smallest absolute Gasteiger partial charge is 0.330 e. The van der Waals surface area contributed by atoms with E-state index in [9.17, 15) is 14.9 Å². The number of nitrogens with zero attached hydrogens (tertiary/aromatic N) is 1. The lowest BCUT2D eigenvalue weighted by atomic mass is 9.94. The number of non-ortho nitro benzene ring substituents is 1. The molecule has 1 fully saturated rings. The van der Waals surface area contributed by atoms with Gasteiger partial charge in [0.2, 0.25) is 0 Å². The number of methoxy groups -OCH3 is 1. The Bertz CT molecular complexity index is 607. The number of nitro groups is 1. The van der Waals surface area contributed by atoms with Gasteiger partial charge in [0.05, 0.1) is 12.0 Å². The predicted octanol–water partition coefficient (Wildman–Crippen LogP) is 4.00. The first-order chi connectivity index (χ1) is 11.6. The van der Waals surface area contributed by atoms with Crippen molar-refractivity contribution in [3.63, 3.8) is 0 Å². The number of nitro benzene ring substituents is 1. The summed E-state index contributed by atoms with van der Waals surface area (Å²) in [7, 11) is 1.33. The molecular weight excluding hydrogens is 308 g/mol. The maximum atomic E-state index is 11.1. The highest BCUT2D eigenvalue weighted by atomic mass is 16.6. The zero-order valence-corrected chi connectivity index (χ0v) is 14.0. The van der Waals surface area contributed by atoms with E-state index < -0.39 is 5.97 Å². The van der Waals surface area contributed by atoms with Crippen LogP contribution in [0.25, 0.3) is 0 Å². The number of benzene rings is 1. The summed E-state index contributed by atoms with van der Waals surface area (Å²) < 4.78 is 4.55. The number of hydrogen-bond donors (Lipinski definition) is 1. The Morgan fingerprint density at radius 3 is 2.79 bits per heavy atom. The number of carbonyl (C=O) groups excluding carboxylic acids is 1. The van der Waals surface area contributed by atoms with Crippen molar-refractivity contribution >= 4 is 17.3 Å². The van der Waals surface area contributed by atoms with Gasteiger partial charge in [0.25, 0.3) is 5.69 Å². The van der Waals surface area contributed by atoms with Crippen molar-refractivity contribution in [3.8, 4) is 0 Å². The fourth-order valence-corrected chi connectivity index (χ4v) is 2.99. The van der Waals surface area contributed by atoms with Crippen LogP contribution < -0.4 is 5.32 Å². The highest BCUT2D eigenvalue weighted by Gasteiger charge is 2.16. The molecule has 0 atom stereocenters. The third kappa shape index (κ3) is 5.37. The maximum absolute atomic E-state index is 11.1. The zero-order chi connectivity index (χ0) is 17.4. The standard InChI is InChI=1S/C18H24N2O4/c1-24-18(21)10-6-5-7-14-13-16(20(22)23)11-12-17(14)19-15-8-3-2-4-9-15/h6,10-13,15,19H,2-5,7-9H2,1H3/b10-6+. The van der Waals surface area contributed by atoms with E-state index in [4.69, 9.17) is 0 Å². The van der Waals surface area contributed by atoms with Crippen molar-refractivity contribution in [2.45, 2.75) is 51.0 Å². The third-order valence-electron chi connectivity index (χ3n) is 4.30. The molecule has 0 unspecified atom stereocenters. The summed E-state index contributed by atoms with van der Waals surface area (Å²) in [6, 6.07) is 5.40. The molecule has 130 valence electrons. The summed E-state index contributed by atoms with van der Waals surface area (Å²) in [5.41, 5.74) is 1.96. The normalized spacial score (nSPS) is 15.4. The monoisotopic (exact) mass is 332 g/mol. The van der Waals surface area contributed by atoms with Gasteiger partial charge in [-0.15, -0.1) is 0 Å². The first-order valence-corrected chi connectivity index (χ1v) is 8.38. The Labute approximate surface area is 142 Å². The number of anilines is 1. The average molecular weight is 332 g/mol. The number of aryl methyl sites for hydroxylation is 1. The van der Waals surface area contributed by atoms with E-state index in [1.54, 1.807) is 24.3 Å². The quantitative estimate of drug-likeness (QED) is 0.353. The molecule has 1 aliphatic carbocycles. The molecule has 1 aromatic rings. The van der Waals surface area contributed by atoms with E-state index >= 15 is 0 Å². The number of allylic oxidation sites excluding steroid dienone is 1. The molecule has 1 N–H and O–H groups in total. The van der Waals surface area contributed by atoms with E-state index in [2.05, 4.69) is 10.1 Å². The Hall–Kier alpha value is -2.37. The fourth-order valence-electron chi connectivity index (χ4n) is 2.99. The second-order valence-corrected chi connectivity index (χ2v) is 6.04. The summed E-state index contributed by atoms with van der Waals surface area (Å²) in [5.74, 6) is -0.394. The topological polar surface area (TPSA) is 81.5 Å². The molecule has 0 spiro atoms. The number of nitrogens with one attached hydrogen (secondary N) is 1.